The Hall–Kier alpha value is -2.47. The summed E-state index contributed by atoms with van der Waals surface area (Å²) in [6, 6.07) is 6.36. The van der Waals surface area contributed by atoms with E-state index < -0.39 is 6.10 Å². The Morgan fingerprint density at radius 3 is 2.66 bits per heavy atom. The van der Waals surface area contributed by atoms with E-state index in [-0.39, 0.29) is 5.91 Å². The number of aryl methyl sites for hydroxylation is 2. The third-order valence-corrected chi connectivity index (χ3v) is 5.94. The van der Waals surface area contributed by atoms with Gasteiger partial charge in [0.1, 0.15) is 11.6 Å². The molecule has 1 aromatic heterocycles. The molecule has 0 N–H and O–H groups in total. The maximum Gasteiger partial charge on any atom is 0.263 e. The zero-order valence-corrected chi connectivity index (χ0v) is 17.8. The van der Waals surface area contributed by atoms with E-state index in [1.807, 2.05) is 44.0 Å². The molecule has 1 aromatic carbocycles. The number of carbonyl (C=O) groups excluding carboxylic acids is 1. The number of nitrogens with zero attached hydrogens (tertiary/aromatic N) is 4. The van der Waals surface area contributed by atoms with E-state index in [9.17, 15) is 4.79 Å². The molecule has 0 bridgehead atoms. The maximum absolute atomic E-state index is 13.0. The average Bonchev–Trinajstić information content (AvgIpc) is 3.11. The van der Waals surface area contributed by atoms with Gasteiger partial charge in [0.15, 0.2) is 6.10 Å². The number of rotatable bonds is 4. The summed E-state index contributed by atoms with van der Waals surface area (Å²) in [7, 11) is 2.14. The summed E-state index contributed by atoms with van der Waals surface area (Å²) in [5.74, 6) is 1.68. The standard InChI is InChI=1S/C23H30N4O2/c1-15-10-16(2)12-19(11-15)29-17(3)23(28)27-9-7-20-18(14-27)13-24-22(25-20)21-6-5-8-26(21)4/h10-13,17,21H,5-9,14H2,1-4H3/t17-,21+/m0/s1. The van der Waals surface area contributed by atoms with Crippen LogP contribution in [0.2, 0.25) is 0 Å². The lowest BCUT2D eigenvalue weighted by atomic mass is 10.1. The highest BCUT2D eigenvalue weighted by atomic mass is 16.5. The van der Waals surface area contributed by atoms with Crippen molar-refractivity contribution >= 4 is 5.91 Å². The van der Waals surface area contributed by atoms with Gasteiger partial charge in [0.05, 0.1) is 11.7 Å². The number of hydrogen-bond acceptors (Lipinski definition) is 5. The monoisotopic (exact) mass is 394 g/mol. The van der Waals surface area contributed by atoms with Crippen molar-refractivity contribution in [2.45, 2.75) is 58.7 Å². The molecule has 1 saturated heterocycles. The number of hydrogen-bond donors (Lipinski definition) is 0. The molecule has 0 aliphatic carbocycles. The van der Waals surface area contributed by atoms with Gasteiger partial charge in [0, 0.05) is 31.3 Å². The molecule has 1 amide bonds. The molecule has 29 heavy (non-hydrogen) atoms. The van der Waals surface area contributed by atoms with E-state index in [1.54, 1.807) is 0 Å². The minimum Gasteiger partial charge on any atom is -0.481 e. The van der Waals surface area contributed by atoms with E-state index in [0.717, 1.165) is 53.3 Å². The second-order valence-electron chi connectivity index (χ2n) is 8.43. The SMILES string of the molecule is Cc1cc(C)cc(O[C@@H](C)C(=O)N2CCc3nc([C@H]4CCCN4C)ncc3C2)c1. The summed E-state index contributed by atoms with van der Waals surface area (Å²) in [6.45, 7) is 8.21. The van der Waals surface area contributed by atoms with Crippen molar-refractivity contribution in [2.24, 2.45) is 0 Å². The summed E-state index contributed by atoms with van der Waals surface area (Å²) in [5, 5.41) is 0. The molecule has 1 fully saturated rings. The van der Waals surface area contributed by atoms with Crippen LogP contribution in [0.15, 0.2) is 24.4 Å². The Balaban J connectivity index is 1.43. The second kappa shape index (κ2) is 8.11. The van der Waals surface area contributed by atoms with Gasteiger partial charge >= 0.3 is 0 Å². The summed E-state index contributed by atoms with van der Waals surface area (Å²) in [6.07, 6.45) is 4.47. The zero-order valence-electron chi connectivity index (χ0n) is 17.8. The largest absolute Gasteiger partial charge is 0.481 e. The first kappa shape index (κ1) is 19.8. The number of benzene rings is 1. The minimum atomic E-state index is -0.523. The highest BCUT2D eigenvalue weighted by Crippen LogP contribution is 2.29. The second-order valence-corrected chi connectivity index (χ2v) is 8.43. The molecule has 6 nitrogen and oxygen atoms in total. The smallest absolute Gasteiger partial charge is 0.263 e. The van der Waals surface area contributed by atoms with Crippen molar-refractivity contribution in [2.75, 3.05) is 20.1 Å². The molecule has 2 aliphatic rings. The van der Waals surface area contributed by atoms with Crippen LogP contribution >= 0.6 is 0 Å². The maximum atomic E-state index is 13.0. The number of fused-ring (bicyclic) bond motifs is 1. The third-order valence-electron chi connectivity index (χ3n) is 5.94. The van der Waals surface area contributed by atoms with Crippen LogP contribution in [-0.4, -0.2) is 51.9 Å². The van der Waals surface area contributed by atoms with E-state index in [1.165, 1.54) is 6.42 Å². The molecular formula is C23H30N4O2. The summed E-state index contributed by atoms with van der Waals surface area (Å²) in [4.78, 5) is 26.6. The Morgan fingerprint density at radius 2 is 1.97 bits per heavy atom. The van der Waals surface area contributed by atoms with E-state index >= 15 is 0 Å². The average molecular weight is 395 g/mol. The number of ether oxygens (including phenoxy) is 1. The van der Waals surface area contributed by atoms with Crippen molar-refractivity contribution in [1.29, 1.82) is 0 Å². The van der Waals surface area contributed by atoms with Crippen LogP contribution in [-0.2, 0) is 17.8 Å². The van der Waals surface area contributed by atoms with Gasteiger partial charge in [-0.1, -0.05) is 6.07 Å². The third kappa shape index (κ3) is 4.27. The van der Waals surface area contributed by atoms with E-state index in [0.29, 0.717) is 19.1 Å². The Labute approximate surface area is 172 Å². The molecule has 0 saturated carbocycles. The summed E-state index contributed by atoms with van der Waals surface area (Å²) in [5.41, 5.74) is 4.40. The lowest BCUT2D eigenvalue weighted by molar-refractivity contribution is -0.138. The topological polar surface area (TPSA) is 58.6 Å². The molecule has 4 rings (SSSR count). The molecule has 3 heterocycles. The molecule has 0 spiro atoms. The lowest BCUT2D eigenvalue weighted by Crippen LogP contribution is -2.43. The van der Waals surface area contributed by atoms with Crippen molar-refractivity contribution in [3.63, 3.8) is 0 Å². The normalized spacial score (nSPS) is 20.4. The fraction of sp³-hybridized carbons (Fsp3) is 0.522. The van der Waals surface area contributed by atoms with Gasteiger partial charge < -0.3 is 9.64 Å². The van der Waals surface area contributed by atoms with E-state index in [4.69, 9.17) is 9.72 Å². The zero-order chi connectivity index (χ0) is 20.5. The molecule has 0 unspecified atom stereocenters. The Kier molecular flexibility index (Phi) is 5.54. The van der Waals surface area contributed by atoms with Gasteiger partial charge in [-0.2, -0.15) is 0 Å². The first-order chi connectivity index (χ1) is 13.9. The van der Waals surface area contributed by atoms with Crippen LogP contribution in [0.4, 0.5) is 0 Å². The van der Waals surface area contributed by atoms with Crippen molar-refractivity contribution < 1.29 is 9.53 Å². The van der Waals surface area contributed by atoms with Crippen LogP contribution in [0.25, 0.3) is 0 Å². The highest BCUT2D eigenvalue weighted by Gasteiger charge is 2.29. The molecule has 6 heteroatoms. The van der Waals surface area contributed by atoms with Crippen molar-refractivity contribution in [3.8, 4) is 5.75 Å². The van der Waals surface area contributed by atoms with Crippen molar-refractivity contribution in [1.82, 2.24) is 19.8 Å². The molecule has 2 atom stereocenters. The van der Waals surface area contributed by atoms with Crippen molar-refractivity contribution in [3.05, 3.63) is 52.6 Å². The summed E-state index contributed by atoms with van der Waals surface area (Å²) >= 11 is 0. The fourth-order valence-electron chi connectivity index (χ4n) is 4.43. The molecule has 0 radical (unpaired) electrons. The Morgan fingerprint density at radius 1 is 1.21 bits per heavy atom. The van der Waals surface area contributed by atoms with Gasteiger partial charge in [-0.25, -0.2) is 9.97 Å². The lowest BCUT2D eigenvalue weighted by Gasteiger charge is -2.31. The number of carbonyl (C=O) groups is 1. The van der Waals surface area contributed by atoms with Gasteiger partial charge in [-0.3, -0.25) is 9.69 Å². The van der Waals surface area contributed by atoms with Gasteiger partial charge in [-0.15, -0.1) is 0 Å². The Bertz CT molecular complexity index is 893. The van der Waals surface area contributed by atoms with Crippen LogP contribution in [0.5, 0.6) is 5.75 Å². The molecule has 2 aliphatic heterocycles. The van der Waals surface area contributed by atoms with Crippen LogP contribution in [0, 0.1) is 13.8 Å². The first-order valence-electron chi connectivity index (χ1n) is 10.5. The molecular weight excluding hydrogens is 364 g/mol. The van der Waals surface area contributed by atoms with Crippen LogP contribution < -0.4 is 4.74 Å². The van der Waals surface area contributed by atoms with Crippen LogP contribution in [0.3, 0.4) is 0 Å². The molecule has 154 valence electrons. The van der Waals surface area contributed by atoms with Gasteiger partial charge in [0.2, 0.25) is 0 Å². The first-order valence-corrected chi connectivity index (χ1v) is 10.5. The van der Waals surface area contributed by atoms with E-state index in [2.05, 4.69) is 23.0 Å². The van der Waals surface area contributed by atoms with Crippen LogP contribution in [0.1, 0.15) is 54.0 Å². The number of likely N-dealkylation sites (tertiary alicyclic amines) is 1. The predicted octanol–water partition coefficient (Wildman–Crippen LogP) is 3.21. The summed E-state index contributed by atoms with van der Waals surface area (Å²) < 4.78 is 5.95. The quantitative estimate of drug-likeness (QED) is 0.797. The predicted molar refractivity (Wildman–Crippen MR) is 112 cm³/mol. The number of aromatic nitrogens is 2. The van der Waals surface area contributed by atoms with Gasteiger partial charge in [0.25, 0.3) is 5.91 Å². The highest BCUT2D eigenvalue weighted by molar-refractivity contribution is 5.81. The fourth-order valence-corrected chi connectivity index (χ4v) is 4.43. The minimum absolute atomic E-state index is 0.00871. The number of amides is 1. The molecule has 2 aromatic rings. The van der Waals surface area contributed by atoms with Gasteiger partial charge in [-0.05, 0) is 70.5 Å².